The molecular weight excluding hydrogens is 180 g/mol. The zero-order valence-corrected chi connectivity index (χ0v) is 8.23. The number of hydrogen-bond donors (Lipinski definition) is 1. The number of rotatable bonds is 5. The van der Waals surface area contributed by atoms with Gasteiger partial charge in [-0.25, -0.2) is 9.97 Å². The van der Waals surface area contributed by atoms with Gasteiger partial charge in [-0.05, 0) is 18.4 Å². The largest absolute Gasteiger partial charge is 0.481 e. The molecule has 0 amide bonds. The molecule has 0 bridgehead atoms. The third-order valence-electron chi connectivity index (χ3n) is 1.86. The van der Waals surface area contributed by atoms with Crippen LogP contribution in [0.1, 0.15) is 31.2 Å². The van der Waals surface area contributed by atoms with Gasteiger partial charge in [0.1, 0.15) is 5.82 Å². The van der Waals surface area contributed by atoms with Gasteiger partial charge >= 0.3 is 5.97 Å². The first kappa shape index (κ1) is 10.6. The highest BCUT2D eigenvalue weighted by molar-refractivity contribution is 5.67. The van der Waals surface area contributed by atoms with Crippen LogP contribution >= 0.6 is 0 Å². The Labute approximate surface area is 83.0 Å². The van der Waals surface area contributed by atoms with Crippen molar-refractivity contribution in [1.29, 1.82) is 0 Å². The maximum absolute atomic E-state index is 10.3. The Kier molecular flexibility index (Phi) is 4.04. The molecule has 0 unspecified atom stereocenters. The number of aromatic nitrogens is 2. The molecule has 1 heterocycles. The van der Waals surface area contributed by atoms with E-state index in [9.17, 15) is 4.79 Å². The lowest BCUT2D eigenvalue weighted by Crippen LogP contribution is -2.00. The molecule has 0 saturated carbocycles. The van der Waals surface area contributed by atoms with Gasteiger partial charge in [0.25, 0.3) is 0 Å². The van der Waals surface area contributed by atoms with Gasteiger partial charge in [-0.1, -0.05) is 6.92 Å². The van der Waals surface area contributed by atoms with Crippen LogP contribution in [0.25, 0.3) is 0 Å². The standard InChI is InChI=1S/C10H14N2O2/c1-2-3-9-11-6-8(7-12-9)4-5-10(13)14/h6-7H,2-5H2,1H3,(H,13,14). The molecule has 0 spiro atoms. The van der Waals surface area contributed by atoms with E-state index in [1.54, 1.807) is 12.4 Å². The van der Waals surface area contributed by atoms with Crippen LogP contribution in [-0.2, 0) is 17.6 Å². The molecule has 0 radical (unpaired) electrons. The van der Waals surface area contributed by atoms with Gasteiger partial charge in [0.05, 0.1) is 0 Å². The summed E-state index contributed by atoms with van der Waals surface area (Å²) in [5.74, 6) is 0.0363. The zero-order valence-electron chi connectivity index (χ0n) is 8.23. The third-order valence-corrected chi connectivity index (χ3v) is 1.86. The summed E-state index contributed by atoms with van der Waals surface area (Å²) in [6, 6.07) is 0. The Morgan fingerprint density at radius 3 is 2.50 bits per heavy atom. The fourth-order valence-electron chi connectivity index (χ4n) is 1.11. The van der Waals surface area contributed by atoms with Crippen LogP contribution in [0.3, 0.4) is 0 Å². The number of aliphatic carboxylic acids is 1. The normalized spacial score (nSPS) is 10.1. The smallest absolute Gasteiger partial charge is 0.303 e. The Bertz CT molecular complexity index is 295. The molecule has 0 aliphatic rings. The quantitative estimate of drug-likeness (QED) is 0.770. The number of carboxylic acids is 1. The summed E-state index contributed by atoms with van der Waals surface area (Å²) in [7, 11) is 0. The van der Waals surface area contributed by atoms with E-state index in [0.717, 1.165) is 24.2 Å². The van der Waals surface area contributed by atoms with Crippen LogP contribution in [0, 0.1) is 0 Å². The van der Waals surface area contributed by atoms with Crippen LogP contribution in [0.2, 0.25) is 0 Å². The van der Waals surface area contributed by atoms with E-state index in [4.69, 9.17) is 5.11 Å². The lowest BCUT2D eigenvalue weighted by Gasteiger charge is -1.99. The molecular formula is C10H14N2O2. The molecule has 0 saturated heterocycles. The van der Waals surface area contributed by atoms with Gasteiger partial charge < -0.3 is 5.11 Å². The molecule has 1 N–H and O–H groups in total. The molecule has 0 aromatic carbocycles. The summed E-state index contributed by atoms with van der Waals surface area (Å²) in [4.78, 5) is 18.6. The molecule has 0 fully saturated rings. The van der Waals surface area contributed by atoms with Gasteiger partial charge in [-0.15, -0.1) is 0 Å². The summed E-state index contributed by atoms with van der Waals surface area (Å²) >= 11 is 0. The lowest BCUT2D eigenvalue weighted by atomic mass is 10.2. The third kappa shape index (κ3) is 3.51. The van der Waals surface area contributed by atoms with Crippen LogP contribution in [0.15, 0.2) is 12.4 Å². The Balaban J connectivity index is 2.50. The van der Waals surface area contributed by atoms with Crippen molar-refractivity contribution >= 4 is 5.97 Å². The van der Waals surface area contributed by atoms with Gasteiger partial charge in [0.2, 0.25) is 0 Å². The first-order valence-electron chi connectivity index (χ1n) is 4.74. The van der Waals surface area contributed by atoms with Gasteiger partial charge in [0.15, 0.2) is 0 Å². The summed E-state index contributed by atoms with van der Waals surface area (Å²) in [6.07, 6.45) is 5.95. The van der Waals surface area contributed by atoms with E-state index in [2.05, 4.69) is 16.9 Å². The van der Waals surface area contributed by atoms with Crippen molar-refractivity contribution in [3.05, 3.63) is 23.8 Å². The second-order valence-corrected chi connectivity index (χ2v) is 3.15. The van der Waals surface area contributed by atoms with Gasteiger partial charge in [-0.2, -0.15) is 0 Å². The first-order valence-corrected chi connectivity index (χ1v) is 4.74. The minimum atomic E-state index is -0.789. The van der Waals surface area contributed by atoms with Crippen LogP contribution in [-0.4, -0.2) is 21.0 Å². The number of nitrogens with zero attached hydrogens (tertiary/aromatic N) is 2. The molecule has 14 heavy (non-hydrogen) atoms. The summed E-state index contributed by atoms with van der Waals surface area (Å²) in [5.41, 5.74) is 0.882. The fourth-order valence-corrected chi connectivity index (χ4v) is 1.11. The minimum Gasteiger partial charge on any atom is -0.481 e. The molecule has 4 heteroatoms. The van der Waals surface area contributed by atoms with Crippen molar-refractivity contribution in [1.82, 2.24) is 9.97 Å². The van der Waals surface area contributed by atoms with E-state index in [0.29, 0.717) is 6.42 Å². The number of carbonyl (C=O) groups is 1. The summed E-state index contributed by atoms with van der Waals surface area (Å²) in [6.45, 7) is 2.07. The summed E-state index contributed by atoms with van der Waals surface area (Å²) in [5, 5.41) is 8.47. The number of hydrogen-bond acceptors (Lipinski definition) is 3. The van der Waals surface area contributed by atoms with Crippen LogP contribution < -0.4 is 0 Å². The molecule has 0 aliphatic carbocycles. The predicted octanol–water partition coefficient (Wildman–Crippen LogP) is 1.45. The molecule has 0 atom stereocenters. The zero-order chi connectivity index (χ0) is 10.4. The highest BCUT2D eigenvalue weighted by Crippen LogP contribution is 2.01. The lowest BCUT2D eigenvalue weighted by molar-refractivity contribution is -0.136. The van der Waals surface area contributed by atoms with Crippen LogP contribution in [0.5, 0.6) is 0 Å². The van der Waals surface area contributed by atoms with Crippen LogP contribution in [0.4, 0.5) is 0 Å². The van der Waals surface area contributed by atoms with E-state index in [-0.39, 0.29) is 6.42 Å². The Morgan fingerprint density at radius 1 is 1.36 bits per heavy atom. The molecule has 1 aromatic heterocycles. The van der Waals surface area contributed by atoms with E-state index in [1.807, 2.05) is 0 Å². The highest BCUT2D eigenvalue weighted by atomic mass is 16.4. The monoisotopic (exact) mass is 194 g/mol. The Morgan fingerprint density at radius 2 is 2.00 bits per heavy atom. The Hall–Kier alpha value is -1.45. The van der Waals surface area contributed by atoms with Crippen molar-refractivity contribution < 1.29 is 9.90 Å². The maximum atomic E-state index is 10.3. The van der Waals surface area contributed by atoms with Crippen molar-refractivity contribution in [2.75, 3.05) is 0 Å². The molecule has 1 aromatic rings. The van der Waals surface area contributed by atoms with Crippen molar-refractivity contribution in [3.8, 4) is 0 Å². The average molecular weight is 194 g/mol. The molecule has 4 nitrogen and oxygen atoms in total. The van der Waals surface area contributed by atoms with Gasteiger partial charge in [-0.3, -0.25) is 4.79 Å². The van der Waals surface area contributed by atoms with E-state index in [1.165, 1.54) is 0 Å². The van der Waals surface area contributed by atoms with Crippen molar-refractivity contribution in [2.45, 2.75) is 32.6 Å². The van der Waals surface area contributed by atoms with E-state index < -0.39 is 5.97 Å². The fraction of sp³-hybridized carbons (Fsp3) is 0.500. The maximum Gasteiger partial charge on any atom is 0.303 e. The second-order valence-electron chi connectivity index (χ2n) is 3.15. The average Bonchev–Trinajstić information content (AvgIpc) is 2.17. The van der Waals surface area contributed by atoms with E-state index >= 15 is 0 Å². The topological polar surface area (TPSA) is 63.1 Å². The molecule has 76 valence electrons. The molecule has 1 rings (SSSR count). The SMILES string of the molecule is CCCc1ncc(CCC(=O)O)cn1. The second kappa shape index (κ2) is 5.32. The van der Waals surface area contributed by atoms with Gasteiger partial charge in [0, 0.05) is 25.2 Å². The predicted molar refractivity (Wildman–Crippen MR) is 52.0 cm³/mol. The summed E-state index contributed by atoms with van der Waals surface area (Å²) < 4.78 is 0. The first-order chi connectivity index (χ1) is 6.72. The number of aryl methyl sites for hydroxylation is 2. The molecule has 0 aliphatic heterocycles. The van der Waals surface area contributed by atoms with Crippen molar-refractivity contribution in [2.24, 2.45) is 0 Å². The minimum absolute atomic E-state index is 0.135. The highest BCUT2D eigenvalue weighted by Gasteiger charge is 2.00. The number of carboxylic acid groups (broad SMARTS) is 1. The van der Waals surface area contributed by atoms with Crippen molar-refractivity contribution in [3.63, 3.8) is 0 Å².